The number of aromatic amines is 1. The lowest BCUT2D eigenvalue weighted by molar-refractivity contribution is -0.0534. The number of nitrogens with zero attached hydrogens (tertiary/aromatic N) is 1. The van der Waals surface area contributed by atoms with Crippen molar-refractivity contribution in [3.05, 3.63) is 27.4 Å². The van der Waals surface area contributed by atoms with Gasteiger partial charge in [0.1, 0.15) is 12.2 Å². The third kappa shape index (κ3) is 2.11. The summed E-state index contributed by atoms with van der Waals surface area (Å²) in [6.45, 7) is -0.596. The van der Waals surface area contributed by atoms with Gasteiger partial charge in [0.25, 0.3) is 5.56 Å². The molecule has 1 saturated heterocycles. The van der Waals surface area contributed by atoms with Gasteiger partial charge in [0.15, 0.2) is 11.0 Å². The fourth-order valence-electron chi connectivity index (χ4n) is 1.94. The van der Waals surface area contributed by atoms with E-state index < -0.39 is 36.3 Å². The van der Waals surface area contributed by atoms with Crippen LogP contribution in [0, 0.1) is 17.1 Å². The third-order valence-electron chi connectivity index (χ3n) is 2.95. The Morgan fingerprint density at radius 3 is 2.95 bits per heavy atom. The number of aliphatic hydroxyl groups is 2. The lowest BCUT2D eigenvalue weighted by Gasteiger charge is -2.24. The van der Waals surface area contributed by atoms with Gasteiger partial charge in [-0.3, -0.25) is 14.3 Å². The highest BCUT2D eigenvalue weighted by Gasteiger charge is 2.57. The van der Waals surface area contributed by atoms with Gasteiger partial charge in [-0.1, -0.05) is 5.92 Å². The highest BCUT2D eigenvalue weighted by Crippen LogP contribution is 2.40. The van der Waals surface area contributed by atoms with Crippen molar-refractivity contribution in [1.29, 1.82) is 0 Å². The first-order valence-corrected chi connectivity index (χ1v) is 5.77. The molecule has 0 amide bonds. The molecule has 8 heteroatoms. The molecule has 1 unspecified atom stereocenters. The molecule has 2 heterocycles. The molecule has 0 saturated carbocycles. The topological polar surface area (TPSA) is 87.5 Å². The number of alkyl halides is 1. The zero-order valence-electron chi connectivity index (χ0n) is 9.62. The summed E-state index contributed by atoms with van der Waals surface area (Å²) in [6, 6.07) is 1.12. The Morgan fingerprint density at radius 2 is 2.42 bits per heavy atom. The van der Waals surface area contributed by atoms with E-state index in [1.54, 1.807) is 0 Å². The SMILES string of the molecule is C#C[C@@]1(F)C(O)[C@@H](CO)O[C@H]1n1ccc(=O)[nH]c1=S. The van der Waals surface area contributed by atoms with Crippen LogP contribution in [-0.4, -0.2) is 44.2 Å². The number of hydrogen-bond donors (Lipinski definition) is 3. The van der Waals surface area contributed by atoms with Crippen LogP contribution in [0.3, 0.4) is 0 Å². The van der Waals surface area contributed by atoms with Crippen molar-refractivity contribution in [1.82, 2.24) is 9.55 Å². The average Bonchev–Trinajstić information content (AvgIpc) is 2.63. The van der Waals surface area contributed by atoms with E-state index in [1.165, 1.54) is 6.20 Å². The molecule has 19 heavy (non-hydrogen) atoms. The van der Waals surface area contributed by atoms with Gasteiger partial charge in [0.05, 0.1) is 6.61 Å². The molecule has 1 aliphatic heterocycles. The van der Waals surface area contributed by atoms with Crippen molar-refractivity contribution in [3.63, 3.8) is 0 Å². The Hall–Kier alpha value is -1.53. The van der Waals surface area contributed by atoms with Gasteiger partial charge in [-0.2, -0.15) is 0 Å². The number of ether oxygens (including phenoxy) is 1. The summed E-state index contributed by atoms with van der Waals surface area (Å²) in [6.07, 6.45) is 2.05. The first-order chi connectivity index (χ1) is 8.93. The summed E-state index contributed by atoms with van der Waals surface area (Å²) in [5.41, 5.74) is -3.01. The van der Waals surface area contributed by atoms with Crippen LogP contribution in [-0.2, 0) is 4.74 Å². The van der Waals surface area contributed by atoms with Crippen molar-refractivity contribution >= 4 is 12.2 Å². The minimum Gasteiger partial charge on any atom is -0.394 e. The Bertz CT molecular complexity index is 637. The van der Waals surface area contributed by atoms with Crippen LogP contribution in [0.25, 0.3) is 0 Å². The monoisotopic (exact) mass is 286 g/mol. The van der Waals surface area contributed by atoms with E-state index >= 15 is 0 Å². The molecule has 3 N–H and O–H groups in total. The van der Waals surface area contributed by atoms with Crippen LogP contribution < -0.4 is 5.56 Å². The Morgan fingerprint density at radius 1 is 1.74 bits per heavy atom. The summed E-state index contributed by atoms with van der Waals surface area (Å²) in [4.78, 5) is 13.4. The molecule has 0 radical (unpaired) electrons. The van der Waals surface area contributed by atoms with Crippen LogP contribution in [0.1, 0.15) is 6.23 Å². The fourth-order valence-corrected chi connectivity index (χ4v) is 2.19. The van der Waals surface area contributed by atoms with Gasteiger partial charge in [-0.25, -0.2) is 4.39 Å². The van der Waals surface area contributed by atoms with E-state index in [9.17, 15) is 14.3 Å². The first-order valence-electron chi connectivity index (χ1n) is 5.36. The molecule has 0 aliphatic carbocycles. The first kappa shape index (κ1) is 13.9. The quantitative estimate of drug-likeness (QED) is 0.504. The second-order valence-corrected chi connectivity index (χ2v) is 4.47. The van der Waals surface area contributed by atoms with E-state index in [0.29, 0.717) is 0 Å². The van der Waals surface area contributed by atoms with E-state index in [0.717, 1.165) is 10.6 Å². The number of halogens is 1. The van der Waals surface area contributed by atoms with Gasteiger partial charge in [-0.15, -0.1) is 6.42 Å². The van der Waals surface area contributed by atoms with Crippen molar-refractivity contribution in [2.45, 2.75) is 24.1 Å². The Kier molecular flexibility index (Phi) is 3.56. The largest absolute Gasteiger partial charge is 0.394 e. The van der Waals surface area contributed by atoms with E-state index in [2.05, 4.69) is 4.98 Å². The maximum Gasteiger partial charge on any atom is 0.251 e. The molecule has 2 rings (SSSR count). The number of terminal acetylenes is 1. The Labute approximate surface area is 112 Å². The van der Waals surface area contributed by atoms with E-state index in [4.69, 9.17) is 28.5 Å². The summed E-state index contributed by atoms with van der Waals surface area (Å²) in [5.74, 6) is 1.83. The number of aliphatic hydroxyl groups excluding tert-OH is 2. The van der Waals surface area contributed by atoms with Gasteiger partial charge in [-0.05, 0) is 12.2 Å². The van der Waals surface area contributed by atoms with Crippen molar-refractivity contribution in [2.75, 3.05) is 6.61 Å². The lowest BCUT2D eigenvalue weighted by Crippen LogP contribution is -2.42. The zero-order chi connectivity index (χ0) is 14.2. The van der Waals surface area contributed by atoms with Crippen molar-refractivity contribution < 1.29 is 19.3 Å². The molecule has 0 aromatic carbocycles. The van der Waals surface area contributed by atoms with Gasteiger partial charge in [0.2, 0.25) is 5.67 Å². The third-order valence-corrected chi connectivity index (χ3v) is 3.26. The standard InChI is InChI=1S/C11H11FN2O4S/c1-2-11(12)8(17)6(5-15)18-9(11)14-4-3-7(16)13-10(14)19/h1,3-4,6,8-9,15,17H,5H2,(H,13,16,19)/t6-,8?,9-,11-/m1/s1. The Balaban J connectivity index is 2.52. The molecule has 0 bridgehead atoms. The number of nitrogens with one attached hydrogen (secondary N) is 1. The van der Waals surface area contributed by atoms with E-state index in [-0.39, 0.29) is 4.77 Å². The molecule has 6 nitrogen and oxygen atoms in total. The predicted molar refractivity (Wildman–Crippen MR) is 65.6 cm³/mol. The van der Waals surface area contributed by atoms with Gasteiger partial charge in [0, 0.05) is 12.3 Å². The summed E-state index contributed by atoms with van der Waals surface area (Å²) >= 11 is 4.89. The van der Waals surface area contributed by atoms with Crippen LogP contribution in [0.2, 0.25) is 0 Å². The number of rotatable bonds is 2. The van der Waals surface area contributed by atoms with E-state index in [1.807, 2.05) is 5.92 Å². The zero-order valence-corrected chi connectivity index (χ0v) is 10.4. The molecule has 1 fully saturated rings. The molecule has 1 aromatic rings. The fraction of sp³-hybridized carbons (Fsp3) is 0.455. The second-order valence-electron chi connectivity index (χ2n) is 4.08. The minimum atomic E-state index is -2.55. The lowest BCUT2D eigenvalue weighted by atomic mass is 9.97. The van der Waals surface area contributed by atoms with Gasteiger partial charge < -0.3 is 14.9 Å². The summed E-state index contributed by atoms with van der Waals surface area (Å²) < 4.78 is 20.8. The molecular formula is C11H11FN2O4S. The second kappa shape index (κ2) is 4.86. The summed E-state index contributed by atoms with van der Waals surface area (Å²) in [7, 11) is 0. The maximum absolute atomic E-state index is 14.6. The van der Waals surface area contributed by atoms with Crippen LogP contribution in [0.15, 0.2) is 17.1 Å². The molecule has 4 atom stereocenters. The number of H-pyrrole nitrogens is 1. The molecule has 1 aromatic heterocycles. The van der Waals surface area contributed by atoms with Crippen LogP contribution in [0.5, 0.6) is 0 Å². The highest BCUT2D eigenvalue weighted by atomic mass is 32.1. The number of aromatic nitrogens is 2. The van der Waals surface area contributed by atoms with Gasteiger partial charge >= 0.3 is 0 Å². The normalized spacial score (nSPS) is 34.1. The van der Waals surface area contributed by atoms with Crippen molar-refractivity contribution in [3.8, 4) is 12.3 Å². The molecule has 102 valence electrons. The molecular weight excluding hydrogens is 275 g/mol. The molecule has 1 aliphatic rings. The van der Waals surface area contributed by atoms with Crippen LogP contribution in [0.4, 0.5) is 4.39 Å². The van der Waals surface area contributed by atoms with Crippen LogP contribution >= 0.6 is 12.2 Å². The van der Waals surface area contributed by atoms with Crippen molar-refractivity contribution in [2.24, 2.45) is 0 Å². The maximum atomic E-state index is 14.6. The molecule has 0 spiro atoms. The smallest absolute Gasteiger partial charge is 0.251 e. The number of hydrogen-bond acceptors (Lipinski definition) is 5. The average molecular weight is 286 g/mol. The predicted octanol–water partition coefficient (Wildman–Crippen LogP) is -0.502. The summed E-state index contributed by atoms with van der Waals surface area (Å²) in [5, 5.41) is 18.8. The minimum absolute atomic E-state index is 0.0967. The highest BCUT2D eigenvalue weighted by molar-refractivity contribution is 7.71.